The fraction of sp³-hybridized carbons (Fsp3) is 0.438. The highest BCUT2D eigenvalue weighted by molar-refractivity contribution is 7.10. The van der Waals surface area contributed by atoms with Gasteiger partial charge in [0.15, 0.2) is 0 Å². The average molecular weight is 287 g/mol. The van der Waals surface area contributed by atoms with Gasteiger partial charge in [-0.1, -0.05) is 13.0 Å². The van der Waals surface area contributed by atoms with Crippen LogP contribution < -0.4 is 5.32 Å². The Bertz CT molecular complexity index is 564. The third-order valence-corrected chi connectivity index (χ3v) is 4.66. The van der Waals surface area contributed by atoms with Crippen LogP contribution in [0.3, 0.4) is 0 Å². The third kappa shape index (κ3) is 3.19. The smallest absolute Gasteiger partial charge is 0.126 e. The van der Waals surface area contributed by atoms with E-state index >= 15 is 0 Å². The van der Waals surface area contributed by atoms with Gasteiger partial charge in [0, 0.05) is 31.1 Å². The van der Waals surface area contributed by atoms with Crippen molar-refractivity contribution in [3.05, 3.63) is 45.8 Å². The zero-order valence-electron chi connectivity index (χ0n) is 11.9. The Morgan fingerprint density at radius 2 is 2.30 bits per heavy atom. The standard InChI is InChI=1S/C16H21N3S/c1-2-8-17-16-5-3-4-14(18-16)12-19-9-6-15-13(11-19)7-10-20-15/h3-5,7,10H,2,6,8-9,11-12H2,1H3,(H,17,18). The number of rotatable bonds is 5. The van der Waals surface area contributed by atoms with Crippen LogP contribution in [0.5, 0.6) is 0 Å². The summed E-state index contributed by atoms with van der Waals surface area (Å²) in [5, 5.41) is 5.57. The van der Waals surface area contributed by atoms with Gasteiger partial charge in [-0.15, -0.1) is 11.3 Å². The van der Waals surface area contributed by atoms with Gasteiger partial charge in [-0.2, -0.15) is 0 Å². The number of fused-ring (bicyclic) bond motifs is 1. The number of nitrogens with one attached hydrogen (secondary N) is 1. The Morgan fingerprint density at radius 3 is 3.20 bits per heavy atom. The number of nitrogens with zero attached hydrogens (tertiary/aromatic N) is 2. The molecule has 0 bridgehead atoms. The molecule has 2 aromatic heterocycles. The van der Waals surface area contributed by atoms with Gasteiger partial charge in [0.25, 0.3) is 0 Å². The minimum absolute atomic E-state index is 0.941. The molecule has 0 atom stereocenters. The van der Waals surface area contributed by atoms with Crippen LogP contribution in [0.1, 0.15) is 29.5 Å². The molecule has 0 spiro atoms. The number of pyridine rings is 1. The molecule has 1 aliphatic rings. The molecule has 0 aliphatic carbocycles. The second-order valence-corrected chi connectivity index (χ2v) is 6.27. The maximum Gasteiger partial charge on any atom is 0.126 e. The second-order valence-electron chi connectivity index (χ2n) is 5.27. The molecule has 0 amide bonds. The van der Waals surface area contributed by atoms with E-state index in [0.717, 1.165) is 44.1 Å². The maximum atomic E-state index is 4.70. The van der Waals surface area contributed by atoms with Gasteiger partial charge in [0.1, 0.15) is 5.82 Å². The summed E-state index contributed by atoms with van der Waals surface area (Å²) >= 11 is 1.89. The fourth-order valence-electron chi connectivity index (χ4n) is 2.59. The van der Waals surface area contributed by atoms with Gasteiger partial charge in [0.2, 0.25) is 0 Å². The third-order valence-electron chi connectivity index (χ3n) is 3.64. The largest absolute Gasteiger partial charge is 0.370 e. The highest BCUT2D eigenvalue weighted by Gasteiger charge is 2.17. The maximum absolute atomic E-state index is 4.70. The molecule has 106 valence electrons. The summed E-state index contributed by atoms with van der Waals surface area (Å²) in [4.78, 5) is 8.75. The molecule has 4 heteroatoms. The highest BCUT2D eigenvalue weighted by atomic mass is 32.1. The van der Waals surface area contributed by atoms with Crippen LogP contribution in [0, 0.1) is 0 Å². The topological polar surface area (TPSA) is 28.2 Å². The molecule has 1 aliphatic heterocycles. The van der Waals surface area contributed by atoms with Crippen LogP contribution in [0.2, 0.25) is 0 Å². The van der Waals surface area contributed by atoms with Crippen molar-refractivity contribution in [3.8, 4) is 0 Å². The molecule has 0 aromatic carbocycles. The van der Waals surface area contributed by atoms with E-state index in [1.54, 1.807) is 4.88 Å². The van der Waals surface area contributed by atoms with Crippen molar-refractivity contribution in [3.63, 3.8) is 0 Å². The van der Waals surface area contributed by atoms with E-state index in [1.807, 2.05) is 17.4 Å². The van der Waals surface area contributed by atoms with Crippen molar-refractivity contribution >= 4 is 17.2 Å². The lowest BCUT2D eigenvalue weighted by atomic mass is 10.1. The number of thiophene rings is 1. The number of aromatic nitrogens is 1. The lowest BCUT2D eigenvalue weighted by Crippen LogP contribution is -2.29. The molecular weight excluding hydrogens is 266 g/mol. The average Bonchev–Trinajstić information content (AvgIpc) is 2.93. The minimum atomic E-state index is 0.941. The fourth-order valence-corrected chi connectivity index (χ4v) is 3.48. The molecule has 3 rings (SSSR count). The Kier molecular flexibility index (Phi) is 4.33. The first kappa shape index (κ1) is 13.6. The summed E-state index contributed by atoms with van der Waals surface area (Å²) in [5.74, 6) is 0.998. The molecule has 0 fully saturated rings. The molecule has 0 saturated carbocycles. The summed E-state index contributed by atoms with van der Waals surface area (Å²) in [6.07, 6.45) is 2.31. The molecule has 2 aromatic rings. The van der Waals surface area contributed by atoms with E-state index in [1.165, 1.54) is 12.0 Å². The Morgan fingerprint density at radius 1 is 1.35 bits per heavy atom. The van der Waals surface area contributed by atoms with E-state index in [4.69, 9.17) is 4.98 Å². The first-order chi connectivity index (χ1) is 9.85. The van der Waals surface area contributed by atoms with E-state index < -0.39 is 0 Å². The van der Waals surface area contributed by atoms with Gasteiger partial charge >= 0.3 is 0 Å². The van der Waals surface area contributed by atoms with Crippen LogP contribution in [0.15, 0.2) is 29.6 Å². The zero-order chi connectivity index (χ0) is 13.8. The number of anilines is 1. The SMILES string of the molecule is CCCNc1cccc(CN2CCc3sccc3C2)n1. The van der Waals surface area contributed by atoms with E-state index in [2.05, 4.69) is 40.7 Å². The van der Waals surface area contributed by atoms with Crippen molar-refractivity contribution in [2.24, 2.45) is 0 Å². The predicted octanol–water partition coefficient (Wildman–Crippen LogP) is 3.52. The molecule has 3 heterocycles. The molecule has 0 saturated heterocycles. The lowest BCUT2D eigenvalue weighted by Gasteiger charge is -2.26. The first-order valence-corrected chi connectivity index (χ1v) is 8.20. The summed E-state index contributed by atoms with van der Waals surface area (Å²) in [6.45, 7) is 6.30. The van der Waals surface area contributed by atoms with Crippen LogP contribution in [0.4, 0.5) is 5.82 Å². The van der Waals surface area contributed by atoms with Crippen LogP contribution in [-0.4, -0.2) is 23.0 Å². The minimum Gasteiger partial charge on any atom is -0.370 e. The summed E-state index contributed by atoms with van der Waals surface area (Å²) in [7, 11) is 0. The monoisotopic (exact) mass is 287 g/mol. The Balaban J connectivity index is 1.63. The van der Waals surface area contributed by atoms with Crippen molar-refractivity contribution < 1.29 is 0 Å². The highest BCUT2D eigenvalue weighted by Crippen LogP contribution is 2.24. The summed E-state index contributed by atoms with van der Waals surface area (Å²) < 4.78 is 0. The molecule has 3 nitrogen and oxygen atoms in total. The second kappa shape index (κ2) is 6.37. The van der Waals surface area contributed by atoms with E-state index in [-0.39, 0.29) is 0 Å². The van der Waals surface area contributed by atoms with Gasteiger partial charge < -0.3 is 5.32 Å². The van der Waals surface area contributed by atoms with Crippen molar-refractivity contribution in [2.75, 3.05) is 18.4 Å². The molecule has 20 heavy (non-hydrogen) atoms. The van der Waals surface area contributed by atoms with Crippen LogP contribution >= 0.6 is 11.3 Å². The summed E-state index contributed by atoms with van der Waals surface area (Å²) in [6, 6.07) is 8.53. The van der Waals surface area contributed by atoms with Gasteiger partial charge in [-0.3, -0.25) is 4.90 Å². The molecule has 0 unspecified atom stereocenters. The predicted molar refractivity (Wildman–Crippen MR) is 85.2 cm³/mol. The molecule has 0 radical (unpaired) electrons. The van der Waals surface area contributed by atoms with Crippen LogP contribution in [-0.2, 0) is 19.5 Å². The zero-order valence-corrected chi connectivity index (χ0v) is 12.7. The lowest BCUT2D eigenvalue weighted by molar-refractivity contribution is 0.244. The van der Waals surface area contributed by atoms with E-state index in [9.17, 15) is 0 Å². The van der Waals surface area contributed by atoms with Gasteiger partial charge in [-0.05, 0) is 42.0 Å². The first-order valence-electron chi connectivity index (χ1n) is 7.32. The summed E-state index contributed by atoms with van der Waals surface area (Å²) in [5.41, 5.74) is 2.66. The number of hydrogen-bond donors (Lipinski definition) is 1. The van der Waals surface area contributed by atoms with Crippen molar-refractivity contribution in [2.45, 2.75) is 32.9 Å². The quantitative estimate of drug-likeness (QED) is 0.912. The van der Waals surface area contributed by atoms with Gasteiger partial charge in [0.05, 0.1) is 5.69 Å². The van der Waals surface area contributed by atoms with Crippen molar-refractivity contribution in [1.82, 2.24) is 9.88 Å². The Hall–Kier alpha value is -1.39. The molecule has 1 N–H and O–H groups in total. The van der Waals surface area contributed by atoms with Crippen molar-refractivity contribution in [1.29, 1.82) is 0 Å². The normalized spacial score (nSPS) is 15.1. The molecular formula is C16H21N3S. The van der Waals surface area contributed by atoms with Crippen LogP contribution in [0.25, 0.3) is 0 Å². The Labute approximate surface area is 124 Å². The van der Waals surface area contributed by atoms with E-state index in [0.29, 0.717) is 0 Å². The van der Waals surface area contributed by atoms with Gasteiger partial charge in [-0.25, -0.2) is 4.98 Å². The number of hydrogen-bond acceptors (Lipinski definition) is 4.